The molecule has 0 bridgehead atoms. The van der Waals surface area contributed by atoms with Crippen molar-refractivity contribution in [1.82, 2.24) is 15.6 Å². The number of carbonyl (C=O) groups excluding carboxylic acids is 1. The molecule has 8 heteroatoms. The Hall–Kier alpha value is -3.88. The summed E-state index contributed by atoms with van der Waals surface area (Å²) in [5.41, 5.74) is 3.16. The molecule has 2 atom stereocenters. The number of fused-ring (bicyclic) bond motifs is 1. The quantitative estimate of drug-likeness (QED) is 0.258. The van der Waals surface area contributed by atoms with Crippen molar-refractivity contribution in [1.29, 1.82) is 0 Å². The average molecular weight is 506 g/mol. The van der Waals surface area contributed by atoms with Gasteiger partial charge in [0, 0.05) is 30.6 Å². The molecule has 0 saturated carbocycles. The van der Waals surface area contributed by atoms with Crippen LogP contribution in [0.1, 0.15) is 34.0 Å². The fourth-order valence-electron chi connectivity index (χ4n) is 4.33. The van der Waals surface area contributed by atoms with Gasteiger partial charge in [0.05, 0.1) is 23.2 Å². The number of hydrogen-bond donors (Lipinski definition) is 4. The smallest absolute Gasteiger partial charge is 0.252 e. The van der Waals surface area contributed by atoms with Gasteiger partial charge in [-0.05, 0) is 47.7 Å². The molecule has 1 aromatic heterocycles. The molecule has 4 aromatic rings. The zero-order valence-electron chi connectivity index (χ0n) is 20.4. The molecule has 0 fully saturated rings. The maximum absolute atomic E-state index is 13.8. The van der Waals surface area contributed by atoms with Crippen molar-refractivity contribution in [3.8, 4) is 5.88 Å². The molecule has 192 valence electrons. The Morgan fingerprint density at radius 3 is 2.43 bits per heavy atom. The zero-order chi connectivity index (χ0) is 26.4. The molecule has 0 aliphatic heterocycles. The summed E-state index contributed by atoms with van der Waals surface area (Å²) < 4.78 is 27.7. The fraction of sp³-hybridized carbons (Fsp3) is 0.241. The normalized spacial score (nSPS) is 12.9. The number of hydrogen-bond acceptors (Lipinski definition) is 5. The van der Waals surface area contributed by atoms with E-state index in [1.807, 2.05) is 18.2 Å². The van der Waals surface area contributed by atoms with E-state index in [0.717, 1.165) is 18.1 Å². The van der Waals surface area contributed by atoms with Gasteiger partial charge in [0.2, 0.25) is 5.88 Å². The third kappa shape index (κ3) is 6.87. The Labute approximate surface area is 214 Å². The number of benzene rings is 3. The van der Waals surface area contributed by atoms with E-state index in [-0.39, 0.29) is 24.4 Å². The van der Waals surface area contributed by atoms with Crippen LogP contribution in [-0.2, 0) is 19.4 Å². The minimum atomic E-state index is -1.08. The zero-order valence-corrected chi connectivity index (χ0v) is 20.4. The fourth-order valence-corrected chi connectivity index (χ4v) is 4.33. The van der Waals surface area contributed by atoms with E-state index >= 15 is 0 Å². The van der Waals surface area contributed by atoms with E-state index < -0.39 is 29.7 Å². The lowest BCUT2D eigenvalue weighted by Crippen LogP contribution is -2.48. The third-order valence-electron chi connectivity index (χ3n) is 6.19. The molecular formula is C29H29F2N3O3. The molecule has 1 heterocycles. The van der Waals surface area contributed by atoms with Crippen molar-refractivity contribution >= 4 is 16.8 Å². The van der Waals surface area contributed by atoms with Gasteiger partial charge in [-0.1, -0.05) is 49.4 Å². The van der Waals surface area contributed by atoms with Crippen LogP contribution in [0.15, 0.2) is 72.8 Å². The first kappa shape index (κ1) is 26.2. The highest BCUT2D eigenvalue weighted by atomic mass is 19.1. The van der Waals surface area contributed by atoms with Crippen molar-refractivity contribution in [2.24, 2.45) is 0 Å². The number of nitrogens with zero attached hydrogens (tertiary/aromatic N) is 1. The highest BCUT2D eigenvalue weighted by molar-refractivity contribution is 6.06. The first-order valence-corrected chi connectivity index (χ1v) is 12.1. The van der Waals surface area contributed by atoms with Crippen LogP contribution in [0.25, 0.3) is 10.9 Å². The van der Waals surface area contributed by atoms with Gasteiger partial charge in [0.1, 0.15) is 11.6 Å². The molecule has 0 saturated heterocycles. The highest BCUT2D eigenvalue weighted by Gasteiger charge is 2.24. The van der Waals surface area contributed by atoms with Crippen LogP contribution in [0.4, 0.5) is 8.78 Å². The summed E-state index contributed by atoms with van der Waals surface area (Å²) in [5, 5.41) is 27.6. The molecule has 4 rings (SSSR count). The Kier molecular flexibility index (Phi) is 8.43. The number of pyridine rings is 1. The topological polar surface area (TPSA) is 94.5 Å². The number of para-hydroxylation sites is 1. The Balaban J connectivity index is 1.54. The minimum Gasteiger partial charge on any atom is -0.493 e. The van der Waals surface area contributed by atoms with Gasteiger partial charge in [-0.25, -0.2) is 13.8 Å². The highest BCUT2D eigenvalue weighted by Crippen LogP contribution is 2.22. The third-order valence-corrected chi connectivity index (χ3v) is 6.19. The molecule has 3 aromatic carbocycles. The molecule has 0 aliphatic rings. The SMILES string of the molecule is CCc1cccc(CNC[C@H](O)[C@H](Cc2cc(F)cc(F)c2)NC(=O)c2cc(O)nc3ccccc23)c1. The number of aromatic hydroxyl groups is 1. The summed E-state index contributed by atoms with van der Waals surface area (Å²) in [6.45, 7) is 2.70. The van der Waals surface area contributed by atoms with Gasteiger partial charge < -0.3 is 20.8 Å². The summed E-state index contributed by atoms with van der Waals surface area (Å²) in [4.78, 5) is 17.3. The van der Waals surface area contributed by atoms with Crippen LogP contribution in [-0.4, -0.2) is 39.8 Å². The van der Waals surface area contributed by atoms with Gasteiger partial charge in [-0.3, -0.25) is 4.79 Å². The van der Waals surface area contributed by atoms with Crippen molar-refractivity contribution in [2.75, 3.05) is 6.54 Å². The van der Waals surface area contributed by atoms with E-state index in [2.05, 4.69) is 28.6 Å². The van der Waals surface area contributed by atoms with Crippen LogP contribution in [0, 0.1) is 11.6 Å². The average Bonchev–Trinajstić information content (AvgIpc) is 2.87. The van der Waals surface area contributed by atoms with Crippen LogP contribution >= 0.6 is 0 Å². The maximum atomic E-state index is 13.8. The second-order valence-corrected chi connectivity index (χ2v) is 8.98. The van der Waals surface area contributed by atoms with Crippen molar-refractivity contribution in [2.45, 2.75) is 38.5 Å². The summed E-state index contributed by atoms with van der Waals surface area (Å²) >= 11 is 0. The number of aliphatic hydroxyl groups excluding tert-OH is 1. The second kappa shape index (κ2) is 11.9. The summed E-state index contributed by atoms with van der Waals surface area (Å²) in [6.07, 6.45) is -0.177. The summed E-state index contributed by atoms with van der Waals surface area (Å²) in [5.74, 6) is -2.35. The molecule has 4 N–H and O–H groups in total. The Morgan fingerprint density at radius 2 is 1.68 bits per heavy atom. The molecule has 0 unspecified atom stereocenters. The largest absolute Gasteiger partial charge is 0.493 e. The standard InChI is InChI=1S/C29H29F2N3O3/c1-2-18-6-5-7-19(10-18)16-32-17-27(35)26(13-20-11-21(30)14-22(31)12-20)34-29(37)24-15-28(36)33-25-9-4-3-8-23(24)25/h3-12,14-15,26-27,32,35H,2,13,16-17H2,1H3,(H,33,36)(H,34,37)/t26-,27-/m0/s1. The number of carbonyl (C=O) groups is 1. The predicted molar refractivity (Wildman–Crippen MR) is 138 cm³/mol. The lowest BCUT2D eigenvalue weighted by Gasteiger charge is -2.25. The number of aryl methyl sites for hydroxylation is 1. The van der Waals surface area contributed by atoms with E-state index in [0.29, 0.717) is 23.0 Å². The van der Waals surface area contributed by atoms with Crippen molar-refractivity contribution in [3.05, 3.63) is 107 Å². The van der Waals surface area contributed by atoms with Crippen LogP contribution in [0.5, 0.6) is 5.88 Å². The number of nitrogens with one attached hydrogen (secondary N) is 2. The maximum Gasteiger partial charge on any atom is 0.252 e. The Bertz CT molecular complexity index is 1380. The van der Waals surface area contributed by atoms with Gasteiger partial charge in [0.15, 0.2) is 0 Å². The van der Waals surface area contributed by atoms with Gasteiger partial charge in [0.25, 0.3) is 5.91 Å². The number of aliphatic hydroxyl groups is 1. The van der Waals surface area contributed by atoms with E-state index in [4.69, 9.17) is 0 Å². The molecule has 0 spiro atoms. The van der Waals surface area contributed by atoms with Gasteiger partial charge in [-0.2, -0.15) is 0 Å². The monoisotopic (exact) mass is 505 g/mol. The first-order chi connectivity index (χ1) is 17.8. The van der Waals surface area contributed by atoms with E-state index in [1.54, 1.807) is 24.3 Å². The molecule has 0 radical (unpaired) electrons. The van der Waals surface area contributed by atoms with Crippen LogP contribution in [0.3, 0.4) is 0 Å². The van der Waals surface area contributed by atoms with Gasteiger partial charge >= 0.3 is 0 Å². The van der Waals surface area contributed by atoms with Crippen LogP contribution in [0.2, 0.25) is 0 Å². The molecular weight excluding hydrogens is 476 g/mol. The summed E-state index contributed by atoms with van der Waals surface area (Å²) in [7, 11) is 0. The van der Waals surface area contributed by atoms with Crippen molar-refractivity contribution < 1.29 is 23.8 Å². The first-order valence-electron chi connectivity index (χ1n) is 12.1. The van der Waals surface area contributed by atoms with E-state index in [9.17, 15) is 23.8 Å². The Morgan fingerprint density at radius 1 is 0.946 bits per heavy atom. The van der Waals surface area contributed by atoms with Crippen LogP contribution < -0.4 is 10.6 Å². The molecule has 1 amide bonds. The number of halogens is 2. The minimum absolute atomic E-state index is 0.0103. The number of aromatic nitrogens is 1. The van der Waals surface area contributed by atoms with Crippen molar-refractivity contribution in [3.63, 3.8) is 0 Å². The van der Waals surface area contributed by atoms with Gasteiger partial charge in [-0.15, -0.1) is 0 Å². The predicted octanol–water partition coefficient (Wildman–Crippen LogP) is 4.27. The summed E-state index contributed by atoms with van der Waals surface area (Å²) in [6, 6.07) is 18.4. The molecule has 6 nitrogen and oxygen atoms in total. The van der Waals surface area contributed by atoms with E-state index in [1.165, 1.54) is 23.8 Å². The number of rotatable bonds is 10. The second-order valence-electron chi connectivity index (χ2n) is 8.98. The lowest BCUT2D eigenvalue weighted by molar-refractivity contribution is 0.0831. The molecule has 37 heavy (non-hydrogen) atoms. The molecule has 0 aliphatic carbocycles. The lowest BCUT2D eigenvalue weighted by atomic mass is 9.99. The number of amides is 1.